The highest BCUT2D eigenvalue weighted by molar-refractivity contribution is 5.39. The minimum Gasteiger partial charge on any atom is -0.487 e. The molecule has 4 heteroatoms. The topological polar surface area (TPSA) is 21.3 Å². The van der Waals surface area contributed by atoms with Crippen molar-refractivity contribution in [3.8, 4) is 5.75 Å². The van der Waals surface area contributed by atoms with E-state index in [0.29, 0.717) is 12.3 Å². The van der Waals surface area contributed by atoms with Gasteiger partial charge in [0.2, 0.25) is 0 Å². The zero-order valence-electron chi connectivity index (χ0n) is 12.7. The van der Waals surface area contributed by atoms with Crippen molar-refractivity contribution in [2.45, 2.75) is 38.5 Å². The average molecular weight is 303 g/mol. The van der Waals surface area contributed by atoms with E-state index >= 15 is 0 Å². The van der Waals surface area contributed by atoms with Gasteiger partial charge in [-0.25, -0.2) is 8.78 Å². The smallest absolute Gasteiger partial charge is 0.125 e. The zero-order valence-corrected chi connectivity index (χ0v) is 12.7. The molecule has 0 aliphatic carbocycles. The normalized spacial score (nSPS) is 19.4. The van der Waals surface area contributed by atoms with Crippen LogP contribution in [-0.2, 0) is 6.54 Å². The Morgan fingerprint density at radius 1 is 1.09 bits per heavy atom. The number of hydrogen-bond acceptors (Lipinski definition) is 2. The van der Waals surface area contributed by atoms with E-state index in [2.05, 4.69) is 5.32 Å². The number of halogens is 2. The maximum atomic E-state index is 13.5. The molecule has 0 fully saturated rings. The van der Waals surface area contributed by atoms with Crippen molar-refractivity contribution >= 4 is 0 Å². The summed E-state index contributed by atoms with van der Waals surface area (Å²) in [4.78, 5) is 0. The highest BCUT2D eigenvalue weighted by atomic mass is 19.1. The molecule has 0 radical (unpaired) electrons. The Hall–Kier alpha value is -1.94. The summed E-state index contributed by atoms with van der Waals surface area (Å²) in [7, 11) is 0. The predicted molar refractivity (Wildman–Crippen MR) is 81.7 cm³/mol. The van der Waals surface area contributed by atoms with Crippen LogP contribution >= 0.6 is 0 Å². The van der Waals surface area contributed by atoms with Crippen molar-refractivity contribution in [1.29, 1.82) is 0 Å². The van der Waals surface area contributed by atoms with Crippen LogP contribution in [0.25, 0.3) is 0 Å². The van der Waals surface area contributed by atoms with Crippen molar-refractivity contribution in [2.24, 2.45) is 0 Å². The zero-order chi connectivity index (χ0) is 15.7. The molecule has 0 saturated carbocycles. The van der Waals surface area contributed by atoms with Gasteiger partial charge in [0, 0.05) is 24.6 Å². The Morgan fingerprint density at radius 3 is 2.50 bits per heavy atom. The first-order valence-electron chi connectivity index (χ1n) is 7.39. The van der Waals surface area contributed by atoms with Crippen LogP contribution in [0.4, 0.5) is 8.78 Å². The van der Waals surface area contributed by atoms with Crippen molar-refractivity contribution in [3.63, 3.8) is 0 Å². The molecule has 2 aromatic rings. The number of fused-ring (bicyclic) bond motifs is 1. The van der Waals surface area contributed by atoms with E-state index in [4.69, 9.17) is 4.74 Å². The third kappa shape index (κ3) is 3.28. The van der Waals surface area contributed by atoms with Crippen LogP contribution in [0.15, 0.2) is 42.5 Å². The van der Waals surface area contributed by atoms with E-state index in [1.165, 1.54) is 24.3 Å². The molecule has 1 heterocycles. The van der Waals surface area contributed by atoms with E-state index in [0.717, 1.165) is 17.5 Å². The summed E-state index contributed by atoms with van der Waals surface area (Å²) in [6, 6.07) is 11.0. The van der Waals surface area contributed by atoms with Gasteiger partial charge < -0.3 is 10.1 Å². The Labute approximate surface area is 129 Å². The number of nitrogens with one attached hydrogen (secondary N) is 1. The van der Waals surface area contributed by atoms with Crippen LogP contribution in [0.5, 0.6) is 5.75 Å². The highest BCUT2D eigenvalue weighted by Gasteiger charge is 2.33. The van der Waals surface area contributed by atoms with Gasteiger partial charge >= 0.3 is 0 Å². The van der Waals surface area contributed by atoms with Gasteiger partial charge in [0.1, 0.15) is 23.0 Å². The number of ether oxygens (including phenoxy) is 1. The molecule has 0 spiro atoms. The second-order valence-corrected chi connectivity index (χ2v) is 6.31. The maximum Gasteiger partial charge on any atom is 0.125 e. The molecule has 1 unspecified atom stereocenters. The molecule has 0 bridgehead atoms. The average Bonchev–Trinajstić information content (AvgIpc) is 2.46. The van der Waals surface area contributed by atoms with Gasteiger partial charge in [-0.2, -0.15) is 0 Å². The summed E-state index contributed by atoms with van der Waals surface area (Å²) in [6.45, 7) is 4.63. The molecule has 2 aromatic carbocycles. The fraction of sp³-hybridized carbons (Fsp3) is 0.333. The van der Waals surface area contributed by atoms with Crippen molar-refractivity contribution in [1.82, 2.24) is 5.32 Å². The van der Waals surface area contributed by atoms with Gasteiger partial charge in [-0.3, -0.25) is 0 Å². The fourth-order valence-electron chi connectivity index (χ4n) is 2.85. The Morgan fingerprint density at radius 2 is 1.77 bits per heavy atom. The van der Waals surface area contributed by atoms with Crippen LogP contribution in [-0.4, -0.2) is 5.60 Å². The Kier molecular flexibility index (Phi) is 3.87. The second kappa shape index (κ2) is 5.69. The molecule has 2 nitrogen and oxygen atoms in total. The maximum absolute atomic E-state index is 13.5. The van der Waals surface area contributed by atoms with E-state index in [1.807, 2.05) is 13.8 Å². The van der Waals surface area contributed by atoms with E-state index in [-0.39, 0.29) is 23.3 Å². The molecule has 22 heavy (non-hydrogen) atoms. The molecule has 3 rings (SSSR count). The molecule has 1 N–H and O–H groups in total. The predicted octanol–water partition coefficient (Wildman–Crippen LogP) is 4.36. The SMILES string of the molecule is CC1(C)CC(NCc2ccc(F)cc2)c2cc(F)ccc2O1. The first-order chi connectivity index (χ1) is 10.4. The van der Waals surface area contributed by atoms with E-state index in [9.17, 15) is 8.78 Å². The van der Waals surface area contributed by atoms with Crippen LogP contribution < -0.4 is 10.1 Å². The van der Waals surface area contributed by atoms with E-state index in [1.54, 1.807) is 18.2 Å². The van der Waals surface area contributed by atoms with Crippen LogP contribution in [0.1, 0.15) is 37.4 Å². The summed E-state index contributed by atoms with van der Waals surface area (Å²) >= 11 is 0. The van der Waals surface area contributed by atoms with Gasteiger partial charge in [0.05, 0.1) is 0 Å². The Bertz CT molecular complexity index is 667. The molecular weight excluding hydrogens is 284 g/mol. The highest BCUT2D eigenvalue weighted by Crippen LogP contribution is 2.39. The molecule has 0 amide bonds. The summed E-state index contributed by atoms with van der Waals surface area (Å²) in [6.07, 6.45) is 0.741. The minimum atomic E-state index is -0.314. The molecular formula is C18H19F2NO. The lowest BCUT2D eigenvalue weighted by Crippen LogP contribution is -2.39. The summed E-state index contributed by atoms with van der Waals surface area (Å²) in [5.74, 6) is 0.202. The molecule has 0 aromatic heterocycles. The summed E-state index contributed by atoms with van der Waals surface area (Å²) in [5, 5.41) is 3.43. The molecule has 116 valence electrons. The summed E-state index contributed by atoms with van der Waals surface area (Å²) in [5.41, 5.74) is 1.51. The van der Waals surface area contributed by atoms with Gasteiger partial charge in [0.15, 0.2) is 0 Å². The molecule has 1 atom stereocenters. The fourth-order valence-corrected chi connectivity index (χ4v) is 2.85. The first-order valence-corrected chi connectivity index (χ1v) is 7.39. The lowest BCUT2D eigenvalue weighted by molar-refractivity contribution is 0.0654. The third-order valence-electron chi connectivity index (χ3n) is 3.90. The number of benzene rings is 2. The van der Waals surface area contributed by atoms with Gasteiger partial charge in [-0.15, -0.1) is 0 Å². The minimum absolute atomic E-state index is 0.000460. The van der Waals surface area contributed by atoms with Crippen molar-refractivity contribution in [2.75, 3.05) is 0 Å². The van der Waals surface area contributed by atoms with Crippen LogP contribution in [0.2, 0.25) is 0 Å². The Balaban J connectivity index is 1.80. The van der Waals surface area contributed by atoms with Crippen LogP contribution in [0.3, 0.4) is 0 Å². The second-order valence-electron chi connectivity index (χ2n) is 6.31. The quantitative estimate of drug-likeness (QED) is 0.910. The molecule has 1 aliphatic rings. The standard InChI is InChI=1S/C18H19F2NO/c1-18(2)10-16(15-9-14(20)7-8-17(15)22-18)21-11-12-3-5-13(19)6-4-12/h3-9,16,21H,10-11H2,1-2H3. The van der Waals surface area contributed by atoms with Crippen LogP contribution in [0, 0.1) is 11.6 Å². The van der Waals surface area contributed by atoms with E-state index < -0.39 is 0 Å². The van der Waals surface area contributed by atoms with Crippen molar-refractivity contribution in [3.05, 3.63) is 65.2 Å². The summed E-state index contributed by atoms with van der Waals surface area (Å²) < 4.78 is 32.4. The lowest BCUT2D eigenvalue weighted by Gasteiger charge is -2.38. The number of hydrogen-bond donors (Lipinski definition) is 1. The van der Waals surface area contributed by atoms with Crippen molar-refractivity contribution < 1.29 is 13.5 Å². The monoisotopic (exact) mass is 303 g/mol. The molecule has 1 aliphatic heterocycles. The number of rotatable bonds is 3. The van der Waals surface area contributed by atoms with Gasteiger partial charge in [-0.05, 0) is 49.7 Å². The van der Waals surface area contributed by atoms with Gasteiger partial charge in [-0.1, -0.05) is 12.1 Å². The largest absolute Gasteiger partial charge is 0.487 e. The third-order valence-corrected chi connectivity index (χ3v) is 3.90. The molecule has 0 saturated heterocycles. The van der Waals surface area contributed by atoms with Gasteiger partial charge in [0.25, 0.3) is 0 Å². The first kappa shape index (κ1) is 15.0. The lowest BCUT2D eigenvalue weighted by atomic mass is 9.89.